The van der Waals surface area contributed by atoms with Crippen LogP contribution in [0.15, 0.2) is 5.16 Å². The molecule has 2 unspecified atom stereocenters. The minimum atomic E-state index is -0.701. The molecule has 4 heteroatoms. The molecule has 1 aliphatic carbocycles. The Morgan fingerprint density at radius 1 is 1.50 bits per heavy atom. The van der Waals surface area contributed by atoms with E-state index in [4.69, 9.17) is 9.94 Å². The molecule has 0 aromatic heterocycles. The van der Waals surface area contributed by atoms with Crippen molar-refractivity contribution < 1.29 is 14.7 Å². The van der Waals surface area contributed by atoms with Crippen LogP contribution < -0.4 is 0 Å². The Morgan fingerprint density at radius 2 is 2.06 bits per heavy atom. The molecule has 1 aliphatic rings. The van der Waals surface area contributed by atoms with E-state index >= 15 is 0 Å². The predicted octanol–water partition coefficient (Wildman–Crippen LogP) is 2.53. The first kappa shape index (κ1) is 13.0. The second kappa shape index (κ2) is 4.44. The van der Waals surface area contributed by atoms with Gasteiger partial charge in [0.2, 0.25) is 0 Å². The van der Waals surface area contributed by atoms with E-state index in [0.717, 1.165) is 5.71 Å². The number of hydrogen-bond donors (Lipinski definition) is 1. The lowest BCUT2D eigenvalue weighted by atomic mass is 10.1. The van der Waals surface area contributed by atoms with Crippen molar-refractivity contribution in [3.05, 3.63) is 0 Å². The van der Waals surface area contributed by atoms with E-state index in [1.54, 1.807) is 0 Å². The third-order valence-corrected chi connectivity index (χ3v) is 3.25. The van der Waals surface area contributed by atoms with E-state index in [9.17, 15) is 4.79 Å². The van der Waals surface area contributed by atoms with Gasteiger partial charge in [0, 0.05) is 0 Å². The summed E-state index contributed by atoms with van der Waals surface area (Å²) in [4.78, 5) is 16.1. The van der Waals surface area contributed by atoms with Crippen LogP contribution in [0, 0.1) is 17.3 Å². The second-order valence-electron chi connectivity index (χ2n) is 5.43. The lowest BCUT2D eigenvalue weighted by Gasteiger charge is -2.05. The molecule has 0 radical (unpaired) electrons. The Labute approximate surface area is 96.7 Å². The van der Waals surface area contributed by atoms with Gasteiger partial charge in [-0.15, -0.1) is 0 Å². The molecular weight excluding hydrogens is 206 g/mol. The monoisotopic (exact) mass is 227 g/mol. The summed E-state index contributed by atoms with van der Waals surface area (Å²) in [6, 6.07) is 0. The molecule has 1 rings (SSSR count). The van der Waals surface area contributed by atoms with Crippen molar-refractivity contribution in [2.45, 2.75) is 47.1 Å². The van der Waals surface area contributed by atoms with Crippen LogP contribution in [0.25, 0.3) is 0 Å². The van der Waals surface area contributed by atoms with Gasteiger partial charge in [0.25, 0.3) is 0 Å². The highest BCUT2D eigenvalue weighted by atomic mass is 16.6. The van der Waals surface area contributed by atoms with Gasteiger partial charge in [-0.1, -0.05) is 19.0 Å². The molecule has 0 heterocycles. The second-order valence-corrected chi connectivity index (χ2v) is 5.43. The Kier molecular flexibility index (Phi) is 3.61. The summed E-state index contributed by atoms with van der Waals surface area (Å²) in [5.41, 5.74) is 0.760. The summed E-state index contributed by atoms with van der Waals surface area (Å²) >= 11 is 0. The predicted molar refractivity (Wildman–Crippen MR) is 62.3 cm³/mol. The third-order valence-electron chi connectivity index (χ3n) is 3.25. The molecule has 0 amide bonds. The average molecular weight is 227 g/mol. The first-order valence-electron chi connectivity index (χ1n) is 5.69. The Hall–Kier alpha value is -1.06. The van der Waals surface area contributed by atoms with Crippen molar-refractivity contribution in [3.8, 4) is 0 Å². The fraction of sp³-hybridized carbons (Fsp3) is 0.833. The van der Waals surface area contributed by atoms with Crippen LogP contribution in [0.5, 0.6) is 0 Å². The minimum absolute atomic E-state index is 0.0671. The van der Waals surface area contributed by atoms with Crippen molar-refractivity contribution in [1.29, 1.82) is 0 Å². The summed E-state index contributed by atoms with van der Waals surface area (Å²) < 4.78 is 0. The molecule has 0 aromatic carbocycles. The summed E-state index contributed by atoms with van der Waals surface area (Å²) in [6.07, 6.45) is 0.772. The molecule has 0 spiro atoms. The molecule has 0 bridgehead atoms. The SMILES string of the molecule is CC(CC1C(C(=O)O)C1(C)C)=NOC(C)C. The highest BCUT2D eigenvalue weighted by Crippen LogP contribution is 2.60. The van der Waals surface area contributed by atoms with Gasteiger partial charge >= 0.3 is 5.97 Å². The molecule has 2 atom stereocenters. The van der Waals surface area contributed by atoms with Crippen LogP contribution in [-0.4, -0.2) is 22.9 Å². The fourth-order valence-electron chi connectivity index (χ4n) is 2.17. The van der Waals surface area contributed by atoms with Crippen LogP contribution in [0.2, 0.25) is 0 Å². The molecule has 16 heavy (non-hydrogen) atoms. The summed E-state index contributed by atoms with van der Waals surface area (Å²) in [5.74, 6) is -0.756. The van der Waals surface area contributed by atoms with E-state index in [0.29, 0.717) is 6.42 Å². The van der Waals surface area contributed by atoms with E-state index in [-0.39, 0.29) is 23.4 Å². The topological polar surface area (TPSA) is 58.9 Å². The normalized spacial score (nSPS) is 28.0. The third kappa shape index (κ3) is 2.74. The van der Waals surface area contributed by atoms with Gasteiger partial charge in [-0.3, -0.25) is 4.79 Å². The van der Waals surface area contributed by atoms with Gasteiger partial charge in [0.15, 0.2) is 0 Å². The maximum absolute atomic E-state index is 11.0. The van der Waals surface area contributed by atoms with E-state index < -0.39 is 5.97 Å². The van der Waals surface area contributed by atoms with Crippen molar-refractivity contribution in [2.24, 2.45) is 22.4 Å². The number of rotatable bonds is 5. The number of carboxylic acids is 1. The van der Waals surface area contributed by atoms with Crippen molar-refractivity contribution in [2.75, 3.05) is 0 Å². The number of nitrogens with zero attached hydrogens (tertiary/aromatic N) is 1. The highest BCUT2D eigenvalue weighted by molar-refractivity contribution is 5.84. The molecule has 4 nitrogen and oxygen atoms in total. The van der Waals surface area contributed by atoms with Crippen molar-refractivity contribution in [3.63, 3.8) is 0 Å². The van der Waals surface area contributed by atoms with Crippen LogP contribution in [0.3, 0.4) is 0 Å². The zero-order valence-corrected chi connectivity index (χ0v) is 10.7. The average Bonchev–Trinajstić information content (AvgIpc) is 2.64. The van der Waals surface area contributed by atoms with Crippen LogP contribution in [0.4, 0.5) is 0 Å². The number of aliphatic carboxylic acids is 1. The number of carbonyl (C=O) groups is 1. The van der Waals surface area contributed by atoms with E-state index in [1.807, 2.05) is 34.6 Å². The maximum atomic E-state index is 11.0. The Balaban J connectivity index is 2.51. The van der Waals surface area contributed by atoms with Crippen LogP contribution in [-0.2, 0) is 9.63 Å². The van der Waals surface area contributed by atoms with Gasteiger partial charge in [-0.05, 0) is 38.5 Å². The lowest BCUT2D eigenvalue weighted by molar-refractivity contribution is -0.139. The van der Waals surface area contributed by atoms with Crippen LogP contribution in [0.1, 0.15) is 41.0 Å². The Bertz CT molecular complexity index is 307. The molecule has 1 fully saturated rings. The van der Waals surface area contributed by atoms with Gasteiger partial charge in [0.05, 0.1) is 11.6 Å². The molecule has 0 aromatic rings. The Morgan fingerprint density at radius 3 is 2.44 bits per heavy atom. The lowest BCUT2D eigenvalue weighted by Crippen LogP contribution is -2.04. The molecular formula is C12H21NO3. The number of hydrogen-bond acceptors (Lipinski definition) is 3. The van der Waals surface area contributed by atoms with E-state index in [2.05, 4.69) is 5.16 Å². The molecule has 92 valence electrons. The van der Waals surface area contributed by atoms with E-state index in [1.165, 1.54) is 0 Å². The largest absolute Gasteiger partial charge is 0.481 e. The number of carboxylic acid groups (broad SMARTS) is 1. The zero-order chi connectivity index (χ0) is 12.5. The van der Waals surface area contributed by atoms with Crippen LogP contribution >= 0.6 is 0 Å². The standard InChI is InChI=1S/C12H21NO3/c1-7(2)16-13-8(3)6-9-10(11(14)15)12(9,4)5/h7,9-10H,6H2,1-5H3,(H,14,15). The van der Waals surface area contributed by atoms with Crippen molar-refractivity contribution >= 4 is 11.7 Å². The molecule has 1 saturated carbocycles. The summed E-state index contributed by atoms with van der Waals surface area (Å²) in [7, 11) is 0. The molecule has 0 aliphatic heterocycles. The summed E-state index contributed by atoms with van der Waals surface area (Å²) in [6.45, 7) is 9.70. The van der Waals surface area contributed by atoms with Gasteiger partial charge in [-0.25, -0.2) is 0 Å². The van der Waals surface area contributed by atoms with Gasteiger partial charge in [-0.2, -0.15) is 0 Å². The smallest absolute Gasteiger partial charge is 0.307 e. The first-order valence-corrected chi connectivity index (χ1v) is 5.69. The van der Waals surface area contributed by atoms with Gasteiger partial charge in [0.1, 0.15) is 6.10 Å². The summed E-state index contributed by atoms with van der Waals surface area (Å²) in [5, 5.41) is 13.0. The molecule has 0 saturated heterocycles. The van der Waals surface area contributed by atoms with Crippen molar-refractivity contribution in [1.82, 2.24) is 0 Å². The first-order chi connectivity index (χ1) is 7.26. The molecule has 1 N–H and O–H groups in total. The maximum Gasteiger partial charge on any atom is 0.307 e. The quantitative estimate of drug-likeness (QED) is 0.580. The fourth-order valence-corrected chi connectivity index (χ4v) is 2.17. The minimum Gasteiger partial charge on any atom is -0.481 e. The zero-order valence-electron chi connectivity index (χ0n) is 10.7. The highest BCUT2D eigenvalue weighted by Gasteiger charge is 2.61. The number of oxime groups is 1. The van der Waals surface area contributed by atoms with Gasteiger partial charge < -0.3 is 9.94 Å².